The molecule has 1 aromatic carbocycles. The molecule has 0 fully saturated rings. The van der Waals surface area contributed by atoms with Crippen LogP contribution in [0.1, 0.15) is 13.3 Å². The van der Waals surface area contributed by atoms with Gasteiger partial charge < -0.3 is 9.84 Å². The van der Waals surface area contributed by atoms with Gasteiger partial charge in [-0.15, -0.1) is 0 Å². The minimum absolute atomic E-state index is 0.150. The molecule has 0 radical (unpaired) electrons. The Bertz CT molecular complexity index is 261. The minimum Gasteiger partial charge on any atom is -0.504 e. The largest absolute Gasteiger partial charge is 0.504 e. The van der Waals surface area contributed by atoms with Crippen LogP contribution in [-0.2, 0) is 0 Å². The smallest absolute Gasteiger partial charge is 0.161 e. The maximum Gasteiger partial charge on any atom is 0.161 e. The summed E-state index contributed by atoms with van der Waals surface area (Å²) in [6, 6.07) is 3.70. The van der Waals surface area contributed by atoms with Crippen molar-refractivity contribution in [1.29, 1.82) is 0 Å². The third-order valence-corrected chi connectivity index (χ3v) is 1.38. The molecule has 0 amide bonds. The Morgan fingerprint density at radius 1 is 1.50 bits per heavy atom. The van der Waals surface area contributed by atoms with Crippen molar-refractivity contribution in [3.63, 3.8) is 0 Å². The fourth-order valence-corrected chi connectivity index (χ4v) is 0.825. The lowest BCUT2D eigenvalue weighted by atomic mass is 10.3. The van der Waals surface area contributed by atoms with E-state index in [1.165, 1.54) is 12.1 Å². The number of aromatic hydroxyl groups is 1. The third kappa shape index (κ3) is 2.12. The minimum atomic E-state index is -0.462. The zero-order chi connectivity index (χ0) is 8.97. The van der Waals surface area contributed by atoms with Crippen molar-refractivity contribution in [2.24, 2.45) is 0 Å². The fraction of sp³-hybridized carbons (Fsp3) is 0.333. The van der Waals surface area contributed by atoms with Gasteiger partial charge in [-0.3, -0.25) is 0 Å². The van der Waals surface area contributed by atoms with Gasteiger partial charge in [-0.25, -0.2) is 4.39 Å². The Kier molecular flexibility index (Phi) is 2.91. The van der Waals surface area contributed by atoms with Crippen molar-refractivity contribution in [3.8, 4) is 11.5 Å². The van der Waals surface area contributed by atoms with Gasteiger partial charge in [0, 0.05) is 6.07 Å². The van der Waals surface area contributed by atoms with Gasteiger partial charge in [0.2, 0.25) is 0 Å². The fourth-order valence-electron chi connectivity index (χ4n) is 0.825. The topological polar surface area (TPSA) is 29.5 Å². The molecule has 0 saturated heterocycles. The average molecular weight is 170 g/mol. The predicted octanol–water partition coefficient (Wildman–Crippen LogP) is 2.32. The molecule has 0 spiro atoms. The maximum atomic E-state index is 12.5. The van der Waals surface area contributed by atoms with E-state index in [9.17, 15) is 4.39 Å². The lowest BCUT2D eigenvalue weighted by molar-refractivity contribution is 0.298. The molecule has 0 aliphatic heterocycles. The van der Waals surface area contributed by atoms with Gasteiger partial charge in [-0.1, -0.05) is 6.92 Å². The molecule has 1 rings (SSSR count). The Labute approximate surface area is 70.6 Å². The summed E-state index contributed by atoms with van der Waals surface area (Å²) in [5.74, 6) is -0.280. The molecule has 0 aliphatic carbocycles. The first kappa shape index (κ1) is 8.84. The molecule has 0 unspecified atom stereocenters. The molecule has 3 heteroatoms. The first-order valence-corrected chi connectivity index (χ1v) is 3.85. The van der Waals surface area contributed by atoms with Gasteiger partial charge in [0.05, 0.1) is 6.61 Å². The summed E-state index contributed by atoms with van der Waals surface area (Å²) in [4.78, 5) is 0. The van der Waals surface area contributed by atoms with Crippen molar-refractivity contribution in [2.75, 3.05) is 6.61 Å². The summed E-state index contributed by atoms with van der Waals surface area (Å²) in [7, 11) is 0. The quantitative estimate of drug-likeness (QED) is 0.754. The zero-order valence-corrected chi connectivity index (χ0v) is 6.88. The molecule has 0 saturated carbocycles. The lowest BCUT2D eigenvalue weighted by Gasteiger charge is -2.05. The van der Waals surface area contributed by atoms with E-state index < -0.39 is 5.82 Å². The number of phenols is 1. The number of ether oxygens (including phenoxy) is 1. The van der Waals surface area contributed by atoms with E-state index in [4.69, 9.17) is 9.84 Å². The molecule has 66 valence electrons. The van der Waals surface area contributed by atoms with Gasteiger partial charge in [0.25, 0.3) is 0 Å². The van der Waals surface area contributed by atoms with Gasteiger partial charge in [0.15, 0.2) is 11.5 Å². The van der Waals surface area contributed by atoms with Crippen LogP contribution in [0.2, 0.25) is 0 Å². The molecular formula is C9H11FO2. The molecule has 1 aromatic rings. The molecule has 0 atom stereocenters. The second-order valence-corrected chi connectivity index (χ2v) is 2.46. The van der Waals surface area contributed by atoms with E-state index >= 15 is 0 Å². The first-order chi connectivity index (χ1) is 5.74. The number of benzene rings is 1. The van der Waals surface area contributed by atoms with Gasteiger partial charge in [-0.05, 0) is 18.6 Å². The van der Waals surface area contributed by atoms with Crippen LogP contribution in [0.3, 0.4) is 0 Å². The molecule has 2 nitrogen and oxygen atoms in total. The lowest BCUT2D eigenvalue weighted by Crippen LogP contribution is -1.95. The van der Waals surface area contributed by atoms with E-state index in [1.54, 1.807) is 0 Å². The Hall–Kier alpha value is -1.25. The maximum absolute atomic E-state index is 12.5. The van der Waals surface area contributed by atoms with E-state index in [-0.39, 0.29) is 5.75 Å². The summed E-state index contributed by atoms with van der Waals surface area (Å²) in [5.41, 5.74) is 0. The van der Waals surface area contributed by atoms with E-state index in [0.717, 1.165) is 12.5 Å². The summed E-state index contributed by atoms with van der Waals surface area (Å²) < 4.78 is 17.6. The van der Waals surface area contributed by atoms with Crippen molar-refractivity contribution in [1.82, 2.24) is 0 Å². The first-order valence-electron chi connectivity index (χ1n) is 3.85. The van der Waals surface area contributed by atoms with Crippen LogP contribution in [0, 0.1) is 5.82 Å². The SMILES string of the molecule is CCCOc1ccc(F)cc1O. The molecule has 0 aliphatic rings. The van der Waals surface area contributed by atoms with E-state index in [2.05, 4.69) is 0 Å². The van der Waals surface area contributed by atoms with Crippen LogP contribution in [0.4, 0.5) is 4.39 Å². The summed E-state index contributed by atoms with van der Waals surface area (Å²) in [6.45, 7) is 2.49. The van der Waals surface area contributed by atoms with Crippen molar-refractivity contribution in [3.05, 3.63) is 24.0 Å². The Morgan fingerprint density at radius 2 is 2.25 bits per heavy atom. The third-order valence-electron chi connectivity index (χ3n) is 1.38. The molecule has 0 heterocycles. The zero-order valence-electron chi connectivity index (χ0n) is 6.88. The highest BCUT2D eigenvalue weighted by Gasteiger charge is 2.01. The molecule has 1 N–H and O–H groups in total. The highest BCUT2D eigenvalue weighted by atomic mass is 19.1. The van der Waals surface area contributed by atoms with Crippen LogP contribution in [0.15, 0.2) is 18.2 Å². The molecular weight excluding hydrogens is 159 g/mol. The van der Waals surface area contributed by atoms with Crippen LogP contribution >= 0.6 is 0 Å². The van der Waals surface area contributed by atoms with Crippen LogP contribution < -0.4 is 4.74 Å². The molecule has 0 bridgehead atoms. The Balaban J connectivity index is 2.72. The highest BCUT2D eigenvalue weighted by Crippen LogP contribution is 2.25. The number of hydrogen-bond donors (Lipinski definition) is 1. The normalized spacial score (nSPS) is 9.83. The standard InChI is InChI=1S/C9H11FO2/c1-2-5-12-9-4-3-7(10)6-8(9)11/h3-4,6,11H,2,5H2,1H3. The van der Waals surface area contributed by atoms with Gasteiger partial charge in [-0.2, -0.15) is 0 Å². The second-order valence-electron chi connectivity index (χ2n) is 2.46. The number of phenolic OH excluding ortho intramolecular Hbond substituents is 1. The van der Waals surface area contributed by atoms with Crippen molar-refractivity contribution in [2.45, 2.75) is 13.3 Å². The van der Waals surface area contributed by atoms with E-state index in [0.29, 0.717) is 12.4 Å². The summed E-state index contributed by atoms with van der Waals surface area (Å²) >= 11 is 0. The number of rotatable bonds is 3. The van der Waals surface area contributed by atoms with Crippen LogP contribution in [-0.4, -0.2) is 11.7 Å². The van der Waals surface area contributed by atoms with Crippen molar-refractivity contribution < 1.29 is 14.2 Å². The number of hydrogen-bond acceptors (Lipinski definition) is 2. The summed E-state index contributed by atoms with van der Waals surface area (Å²) in [5, 5.41) is 9.15. The molecule has 12 heavy (non-hydrogen) atoms. The monoisotopic (exact) mass is 170 g/mol. The highest BCUT2D eigenvalue weighted by molar-refractivity contribution is 5.38. The average Bonchev–Trinajstić information content (AvgIpc) is 2.03. The Morgan fingerprint density at radius 3 is 2.83 bits per heavy atom. The predicted molar refractivity (Wildman–Crippen MR) is 43.9 cm³/mol. The van der Waals surface area contributed by atoms with E-state index in [1.807, 2.05) is 6.92 Å². The van der Waals surface area contributed by atoms with Gasteiger partial charge in [0.1, 0.15) is 5.82 Å². The number of halogens is 1. The van der Waals surface area contributed by atoms with Crippen LogP contribution in [0.5, 0.6) is 11.5 Å². The summed E-state index contributed by atoms with van der Waals surface area (Å²) in [6.07, 6.45) is 0.858. The van der Waals surface area contributed by atoms with Crippen LogP contribution in [0.25, 0.3) is 0 Å². The second kappa shape index (κ2) is 3.95. The molecule has 0 aromatic heterocycles. The van der Waals surface area contributed by atoms with Crippen molar-refractivity contribution >= 4 is 0 Å². The van der Waals surface area contributed by atoms with Gasteiger partial charge >= 0.3 is 0 Å².